The number of aliphatic carboxylic acids is 1. The molecule has 190 valence electrons. The highest BCUT2D eigenvalue weighted by Gasteiger charge is 2.53. The fourth-order valence-corrected chi connectivity index (χ4v) is 5.22. The number of rotatable bonds is 7. The van der Waals surface area contributed by atoms with E-state index in [-0.39, 0.29) is 6.42 Å². The minimum Gasteiger partial charge on any atom is -0.479 e. The molecule has 36 heavy (non-hydrogen) atoms. The van der Waals surface area contributed by atoms with Crippen LogP contribution >= 0.6 is 0 Å². The average Bonchev–Trinajstić information content (AvgIpc) is 3.63. The van der Waals surface area contributed by atoms with Gasteiger partial charge in [0.15, 0.2) is 12.4 Å². The summed E-state index contributed by atoms with van der Waals surface area (Å²) in [5.74, 6) is -1.49. The largest absolute Gasteiger partial charge is 0.479 e. The molecule has 1 saturated carbocycles. The van der Waals surface area contributed by atoms with E-state index in [1.54, 1.807) is 23.3 Å². The maximum atomic E-state index is 11.5. The second-order valence-electron chi connectivity index (χ2n) is 9.17. The van der Waals surface area contributed by atoms with Gasteiger partial charge in [-0.1, -0.05) is 12.8 Å². The van der Waals surface area contributed by atoms with Crippen molar-refractivity contribution in [3.05, 3.63) is 31.0 Å². The van der Waals surface area contributed by atoms with Crippen LogP contribution in [0.15, 0.2) is 31.0 Å². The number of aromatic amines is 1. The maximum Gasteiger partial charge on any atom is 0.335 e. The van der Waals surface area contributed by atoms with Gasteiger partial charge >= 0.3 is 5.97 Å². The highest BCUT2D eigenvalue weighted by atomic mass is 16.7. The van der Waals surface area contributed by atoms with E-state index in [9.17, 15) is 30.5 Å². The van der Waals surface area contributed by atoms with Crippen LogP contribution < -0.4 is 0 Å². The summed E-state index contributed by atoms with van der Waals surface area (Å²) in [4.78, 5) is 23.2. The molecule has 0 amide bonds. The van der Waals surface area contributed by atoms with E-state index in [2.05, 4.69) is 26.1 Å². The van der Waals surface area contributed by atoms with E-state index in [1.807, 2.05) is 6.07 Å². The van der Waals surface area contributed by atoms with Crippen LogP contribution in [0.3, 0.4) is 0 Å². The maximum absolute atomic E-state index is 11.5. The van der Waals surface area contributed by atoms with E-state index in [4.69, 9.17) is 9.47 Å². The number of H-pyrrole nitrogens is 1. The predicted molar refractivity (Wildman–Crippen MR) is 121 cm³/mol. The van der Waals surface area contributed by atoms with Gasteiger partial charge in [0.25, 0.3) is 0 Å². The number of ether oxygens (including phenoxy) is 2. The minimum atomic E-state index is -1.82. The molecular weight excluding hydrogens is 472 g/mol. The van der Waals surface area contributed by atoms with Crippen LogP contribution in [0.2, 0.25) is 0 Å². The number of hydrogen-bond donors (Lipinski definition) is 5. The molecule has 6 unspecified atom stereocenters. The fourth-order valence-electron chi connectivity index (χ4n) is 5.22. The van der Waals surface area contributed by atoms with Crippen LogP contribution in [0.4, 0.5) is 0 Å². The van der Waals surface area contributed by atoms with Gasteiger partial charge in [-0.2, -0.15) is 10.4 Å². The quantitative estimate of drug-likeness (QED) is 0.304. The number of nitrogens with one attached hydrogen (secondary N) is 1. The van der Waals surface area contributed by atoms with E-state index < -0.39 is 48.3 Å². The summed E-state index contributed by atoms with van der Waals surface area (Å²) in [7, 11) is 0. The van der Waals surface area contributed by atoms with E-state index in [0.717, 1.165) is 18.2 Å². The summed E-state index contributed by atoms with van der Waals surface area (Å²) in [6.45, 7) is 0. The highest BCUT2D eigenvalue weighted by Crippen LogP contribution is 2.45. The Morgan fingerprint density at radius 1 is 1.28 bits per heavy atom. The number of nitrogens with zero attached hydrogens (tertiary/aromatic N) is 5. The first-order chi connectivity index (χ1) is 17.3. The van der Waals surface area contributed by atoms with Gasteiger partial charge in [-0.15, -0.1) is 0 Å². The van der Waals surface area contributed by atoms with Crippen molar-refractivity contribution in [3.8, 4) is 17.3 Å². The first kappa shape index (κ1) is 24.3. The van der Waals surface area contributed by atoms with E-state index >= 15 is 0 Å². The molecular formula is C23H26N6O7. The molecule has 1 aliphatic carbocycles. The third-order valence-corrected chi connectivity index (χ3v) is 7.05. The molecule has 2 aliphatic rings. The van der Waals surface area contributed by atoms with Gasteiger partial charge in [-0.25, -0.2) is 14.8 Å². The Labute approximate surface area is 204 Å². The second-order valence-corrected chi connectivity index (χ2v) is 9.17. The Balaban J connectivity index is 1.48. The zero-order valence-corrected chi connectivity index (χ0v) is 19.1. The molecule has 1 aliphatic heterocycles. The van der Waals surface area contributed by atoms with Crippen molar-refractivity contribution < 1.29 is 34.7 Å². The SMILES string of the molecule is N#CCC(n1cc(-c2ncnc3[nH]ccc23)cn1)C1(OC2OC(C(=O)O)C(O)C(O)C2O)CCCC1. The molecule has 13 heteroatoms. The Bertz CT molecular complexity index is 1280. The van der Waals surface area contributed by atoms with Crippen LogP contribution in [-0.2, 0) is 14.3 Å². The van der Waals surface area contributed by atoms with Crippen LogP contribution in [0.5, 0.6) is 0 Å². The lowest BCUT2D eigenvalue weighted by Crippen LogP contribution is -2.62. The van der Waals surface area contributed by atoms with Gasteiger partial charge < -0.3 is 34.9 Å². The fraction of sp³-hybridized carbons (Fsp3) is 0.522. The number of aromatic nitrogens is 5. The molecule has 2 fully saturated rings. The van der Waals surface area contributed by atoms with Crippen molar-refractivity contribution in [2.24, 2.45) is 0 Å². The highest BCUT2D eigenvalue weighted by molar-refractivity contribution is 5.89. The number of aliphatic hydroxyl groups is 3. The average molecular weight is 498 g/mol. The molecule has 5 rings (SSSR count). The molecule has 13 nitrogen and oxygen atoms in total. The summed E-state index contributed by atoms with van der Waals surface area (Å²) >= 11 is 0. The van der Waals surface area contributed by atoms with Gasteiger partial charge in [0.2, 0.25) is 0 Å². The molecule has 1 saturated heterocycles. The van der Waals surface area contributed by atoms with Gasteiger partial charge in [0.1, 0.15) is 30.3 Å². The first-order valence-corrected chi connectivity index (χ1v) is 11.6. The van der Waals surface area contributed by atoms with E-state index in [0.29, 0.717) is 29.7 Å². The van der Waals surface area contributed by atoms with Crippen LogP contribution in [0.1, 0.15) is 38.1 Å². The minimum absolute atomic E-state index is 0.0147. The lowest BCUT2D eigenvalue weighted by atomic mass is 9.89. The summed E-state index contributed by atoms with van der Waals surface area (Å²) in [6.07, 6.45) is 0.537. The van der Waals surface area contributed by atoms with Crippen molar-refractivity contribution in [2.75, 3.05) is 0 Å². The lowest BCUT2D eigenvalue weighted by Gasteiger charge is -2.44. The molecule has 0 bridgehead atoms. The van der Waals surface area contributed by atoms with Crippen molar-refractivity contribution in [1.29, 1.82) is 5.26 Å². The van der Waals surface area contributed by atoms with E-state index in [1.165, 1.54) is 6.33 Å². The smallest absolute Gasteiger partial charge is 0.335 e. The third kappa shape index (κ3) is 4.12. The monoisotopic (exact) mass is 498 g/mol. The second kappa shape index (κ2) is 9.57. The Kier molecular flexibility index (Phi) is 6.45. The molecule has 5 N–H and O–H groups in total. The topological polar surface area (TPSA) is 200 Å². The van der Waals surface area contributed by atoms with Gasteiger partial charge in [0.05, 0.1) is 36.0 Å². The first-order valence-electron chi connectivity index (χ1n) is 11.6. The predicted octanol–water partition coefficient (Wildman–Crippen LogP) is 0.498. The zero-order valence-electron chi connectivity index (χ0n) is 19.1. The van der Waals surface area contributed by atoms with Gasteiger partial charge in [-0.3, -0.25) is 4.68 Å². The number of aliphatic hydroxyl groups excluding tert-OH is 3. The molecule has 3 aromatic rings. The molecule has 0 aromatic carbocycles. The van der Waals surface area contributed by atoms with Gasteiger partial charge in [0, 0.05) is 23.3 Å². The summed E-state index contributed by atoms with van der Waals surface area (Å²) in [6, 6.07) is 3.43. The summed E-state index contributed by atoms with van der Waals surface area (Å²) in [5.41, 5.74) is 1.01. The molecule has 4 heterocycles. The van der Waals surface area contributed by atoms with Gasteiger partial charge in [-0.05, 0) is 18.9 Å². The Hall–Kier alpha value is -3.41. The molecule has 3 aromatic heterocycles. The van der Waals surface area contributed by atoms with Crippen molar-refractivity contribution >= 4 is 17.0 Å². The van der Waals surface area contributed by atoms with Crippen LogP contribution in [-0.4, -0.2) is 87.4 Å². The van der Waals surface area contributed by atoms with Crippen LogP contribution in [0, 0.1) is 11.3 Å². The number of carboxylic acid groups (broad SMARTS) is 1. The molecule has 6 atom stereocenters. The number of nitriles is 1. The third-order valence-electron chi connectivity index (χ3n) is 7.05. The van der Waals surface area contributed by atoms with Crippen molar-refractivity contribution in [1.82, 2.24) is 24.7 Å². The normalized spacial score (nSPS) is 28.7. The Morgan fingerprint density at radius 2 is 2.06 bits per heavy atom. The lowest BCUT2D eigenvalue weighted by molar-refractivity contribution is -0.325. The number of hydrogen-bond acceptors (Lipinski definition) is 10. The molecule has 0 radical (unpaired) electrons. The van der Waals surface area contributed by atoms with Crippen molar-refractivity contribution in [2.45, 2.75) is 74.5 Å². The summed E-state index contributed by atoms with van der Waals surface area (Å²) < 4.78 is 13.3. The Morgan fingerprint density at radius 3 is 2.78 bits per heavy atom. The van der Waals surface area contributed by atoms with Crippen molar-refractivity contribution in [3.63, 3.8) is 0 Å². The summed E-state index contributed by atoms with van der Waals surface area (Å²) in [5, 5.41) is 55.2. The molecule has 0 spiro atoms. The standard InChI is InChI=1S/C23H26N6O7/c24-7-3-14(29-10-12(9-28-29)15-13-4-8-25-20(13)27-11-26-15)23(5-1-2-6-23)36-22-18(32)16(30)17(31)19(35-22)21(33)34/h4,8-11,14,16-19,22,30-32H,1-3,5-6H2,(H,33,34)(H,25,26,27). The number of carboxylic acids is 1. The number of fused-ring (bicyclic) bond motifs is 1. The van der Waals surface area contributed by atoms with Crippen LogP contribution in [0.25, 0.3) is 22.3 Å². The number of carbonyl (C=O) groups is 1. The zero-order chi connectivity index (χ0) is 25.4.